The number of aryl methyl sites for hydroxylation is 2. The number of hydrogen-bond acceptors (Lipinski definition) is 3. The van der Waals surface area contributed by atoms with E-state index < -0.39 is 5.97 Å². The first-order valence-corrected chi connectivity index (χ1v) is 11.6. The fraction of sp³-hybridized carbons (Fsp3) is 0.138. The van der Waals surface area contributed by atoms with E-state index in [2.05, 4.69) is 10.6 Å². The quantitative estimate of drug-likeness (QED) is 0.308. The van der Waals surface area contributed by atoms with Crippen LogP contribution in [0.15, 0.2) is 95.9 Å². The minimum atomic E-state index is -0.822. The van der Waals surface area contributed by atoms with Crippen molar-refractivity contribution in [1.82, 2.24) is 4.57 Å². The first-order valence-electron chi connectivity index (χ1n) is 11.6. The smallest absolute Gasteiger partial charge is 0.323 e. The summed E-state index contributed by atoms with van der Waals surface area (Å²) in [6.45, 7) is 2.33. The van der Waals surface area contributed by atoms with E-state index in [4.69, 9.17) is 5.11 Å². The summed E-state index contributed by atoms with van der Waals surface area (Å²) in [4.78, 5) is 36.2. The van der Waals surface area contributed by atoms with Gasteiger partial charge in [-0.2, -0.15) is 0 Å². The van der Waals surface area contributed by atoms with E-state index in [9.17, 15) is 14.4 Å². The van der Waals surface area contributed by atoms with Crippen LogP contribution < -0.4 is 16.2 Å². The number of carboxylic acids is 1. The number of urea groups is 1. The fourth-order valence-electron chi connectivity index (χ4n) is 3.87. The molecule has 1 heterocycles. The first kappa shape index (κ1) is 24.5. The Bertz CT molecular complexity index is 1420. The van der Waals surface area contributed by atoms with Crippen molar-refractivity contribution in [3.8, 4) is 11.1 Å². The van der Waals surface area contributed by atoms with Crippen LogP contribution in [0.4, 0.5) is 16.2 Å². The molecule has 3 N–H and O–H groups in total. The van der Waals surface area contributed by atoms with Gasteiger partial charge in [0, 0.05) is 29.6 Å². The highest BCUT2D eigenvalue weighted by atomic mass is 16.4. The van der Waals surface area contributed by atoms with E-state index >= 15 is 0 Å². The summed E-state index contributed by atoms with van der Waals surface area (Å²) in [6.07, 6.45) is 2.31. The number of para-hydroxylation sites is 1. The van der Waals surface area contributed by atoms with E-state index in [0.717, 1.165) is 27.9 Å². The largest absolute Gasteiger partial charge is 0.481 e. The van der Waals surface area contributed by atoms with Crippen LogP contribution in [0, 0.1) is 6.92 Å². The molecule has 0 aliphatic carbocycles. The van der Waals surface area contributed by atoms with Crippen molar-refractivity contribution in [3.05, 3.63) is 118 Å². The number of nitrogens with one attached hydrogen (secondary N) is 2. The van der Waals surface area contributed by atoms with Gasteiger partial charge in [-0.05, 0) is 65.9 Å². The predicted molar refractivity (Wildman–Crippen MR) is 141 cm³/mol. The molecule has 0 aliphatic heterocycles. The van der Waals surface area contributed by atoms with Gasteiger partial charge in [-0.25, -0.2) is 4.79 Å². The second kappa shape index (κ2) is 11.2. The summed E-state index contributed by atoms with van der Waals surface area (Å²) in [5, 5.41) is 14.5. The third kappa shape index (κ3) is 6.27. The molecule has 7 heteroatoms. The van der Waals surface area contributed by atoms with Gasteiger partial charge in [0.1, 0.15) is 0 Å². The zero-order valence-electron chi connectivity index (χ0n) is 19.9. The number of aromatic nitrogens is 1. The third-order valence-corrected chi connectivity index (χ3v) is 5.87. The molecule has 0 bridgehead atoms. The van der Waals surface area contributed by atoms with Crippen molar-refractivity contribution in [1.29, 1.82) is 0 Å². The van der Waals surface area contributed by atoms with Crippen LogP contribution in [0.25, 0.3) is 11.1 Å². The Morgan fingerprint density at radius 1 is 0.833 bits per heavy atom. The molecule has 1 aromatic heterocycles. The summed E-state index contributed by atoms with van der Waals surface area (Å²) in [5.74, 6) is -0.822. The molecule has 36 heavy (non-hydrogen) atoms. The van der Waals surface area contributed by atoms with E-state index in [1.54, 1.807) is 29.0 Å². The molecule has 0 saturated carbocycles. The van der Waals surface area contributed by atoms with Gasteiger partial charge in [-0.15, -0.1) is 0 Å². The summed E-state index contributed by atoms with van der Waals surface area (Å²) < 4.78 is 1.64. The van der Waals surface area contributed by atoms with Crippen LogP contribution >= 0.6 is 0 Å². The third-order valence-electron chi connectivity index (χ3n) is 5.87. The van der Waals surface area contributed by atoms with Crippen LogP contribution in [-0.4, -0.2) is 21.7 Å². The molecule has 0 atom stereocenters. The maximum Gasteiger partial charge on any atom is 0.323 e. The highest BCUT2D eigenvalue weighted by Gasteiger charge is 2.09. The minimum Gasteiger partial charge on any atom is -0.481 e. The number of pyridine rings is 1. The van der Waals surface area contributed by atoms with Crippen molar-refractivity contribution < 1.29 is 14.7 Å². The van der Waals surface area contributed by atoms with Crippen LogP contribution in [-0.2, 0) is 17.8 Å². The van der Waals surface area contributed by atoms with E-state index in [0.29, 0.717) is 24.2 Å². The molecule has 2 amide bonds. The number of anilines is 2. The minimum absolute atomic E-state index is 0.0898. The maximum absolute atomic E-state index is 13.1. The van der Waals surface area contributed by atoms with Gasteiger partial charge < -0.3 is 20.3 Å². The predicted octanol–water partition coefficient (Wildman–Crippen LogP) is 5.53. The van der Waals surface area contributed by atoms with Crippen molar-refractivity contribution in [3.63, 3.8) is 0 Å². The van der Waals surface area contributed by atoms with Crippen LogP contribution in [0.1, 0.15) is 23.1 Å². The number of carbonyl (C=O) groups excluding carboxylic acids is 1. The summed E-state index contributed by atoms with van der Waals surface area (Å²) in [7, 11) is 0. The zero-order valence-corrected chi connectivity index (χ0v) is 19.9. The van der Waals surface area contributed by atoms with E-state index in [1.165, 1.54) is 0 Å². The second-order valence-electron chi connectivity index (χ2n) is 8.54. The molecule has 0 saturated heterocycles. The Hall–Kier alpha value is -4.65. The Labute approximate surface area is 209 Å². The highest BCUT2D eigenvalue weighted by Crippen LogP contribution is 2.20. The standard InChI is InChI=1S/C29H27N3O4/c1-20-5-2-3-7-26(20)31-29(36)30-24-15-13-23(14-16-24)25-6-4-18-32(28(25)35)19-22-10-8-21(9-11-22)12-17-27(33)34/h2-11,13-16,18H,12,17,19H2,1H3,(H,33,34)(H2,30,31,36). The summed E-state index contributed by atoms with van der Waals surface area (Å²) >= 11 is 0. The van der Waals surface area contributed by atoms with Gasteiger partial charge in [-0.1, -0.05) is 54.6 Å². The van der Waals surface area contributed by atoms with Crippen molar-refractivity contribution in [2.75, 3.05) is 10.6 Å². The fourth-order valence-corrected chi connectivity index (χ4v) is 3.87. The Morgan fingerprint density at radius 2 is 1.53 bits per heavy atom. The van der Waals surface area contributed by atoms with Crippen LogP contribution in [0.5, 0.6) is 0 Å². The van der Waals surface area contributed by atoms with E-state index in [1.807, 2.05) is 73.7 Å². The second-order valence-corrected chi connectivity index (χ2v) is 8.54. The van der Waals surface area contributed by atoms with Gasteiger partial charge in [0.25, 0.3) is 5.56 Å². The lowest BCUT2D eigenvalue weighted by Gasteiger charge is -2.11. The molecule has 4 aromatic rings. The van der Waals surface area contributed by atoms with Gasteiger partial charge in [0.15, 0.2) is 0 Å². The van der Waals surface area contributed by atoms with Gasteiger partial charge in [-0.3, -0.25) is 9.59 Å². The monoisotopic (exact) mass is 481 g/mol. The normalized spacial score (nSPS) is 10.6. The van der Waals surface area contributed by atoms with Crippen molar-refractivity contribution in [2.45, 2.75) is 26.3 Å². The molecule has 182 valence electrons. The molecule has 0 aliphatic rings. The topological polar surface area (TPSA) is 100 Å². The molecule has 7 nitrogen and oxygen atoms in total. The number of rotatable bonds is 8. The van der Waals surface area contributed by atoms with Gasteiger partial charge in [0.2, 0.25) is 0 Å². The molecule has 0 spiro atoms. The Kier molecular flexibility index (Phi) is 7.60. The lowest BCUT2D eigenvalue weighted by Crippen LogP contribution is -2.21. The highest BCUT2D eigenvalue weighted by molar-refractivity contribution is 6.00. The number of carboxylic acid groups (broad SMARTS) is 1. The summed E-state index contributed by atoms with van der Waals surface area (Å²) in [6, 6.07) is 25.6. The van der Waals surface area contributed by atoms with Crippen LogP contribution in [0.2, 0.25) is 0 Å². The van der Waals surface area contributed by atoms with Gasteiger partial charge >= 0.3 is 12.0 Å². The lowest BCUT2D eigenvalue weighted by molar-refractivity contribution is -0.136. The number of nitrogens with zero attached hydrogens (tertiary/aromatic N) is 1. The Balaban J connectivity index is 1.43. The first-order chi connectivity index (χ1) is 17.4. The number of amides is 2. The van der Waals surface area contributed by atoms with Crippen molar-refractivity contribution in [2.24, 2.45) is 0 Å². The average molecular weight is 482 g/mol. The molecule has 3 aromatic carbocycles. The molecule has 0 fully saturated rings. The average Bonchev–Trinajstić information content (AvgIpc) is 2.87. The van der Waals surface area contributed by atoms with E-state index in [-0.39, 0.29) is 18.0 Å². The van der Waals surface area contributed by atoms with Crippen molar-refractivity contribution >= 4 is 23.4 Å². The SMILES string of the molecule is Cc1ccccc1NC(=O)Nc1ccc(-c2cccn(Cc3ccc(CCC(=O)O)cc3)c2=O)cc1. The molecular weight excluding hydrogens is 454 g/mol. The lowest BCUT2D eigenvalue weighted by atomic mass is 10.1. The Morgan fingerprint density at radius 3 is 2.22 bits per heavy atom. The number of benzene rings is 3. The number of aliphatic carboxylic acids is 1. The molecular formula is C29H27N3O4. The molecule has 0 unspecified atom stereocenters. The van der Waals surface area contributed by atoms with Gasteiger partial charge in [0.05, 0.1) is 6.54 Å². The molecule has 0 radical (unpaired) electrons. The van der Waals surface area contributed by atoms with Crippen LogP contribution in [0.3, 0.4) is 0 Å². The number of carbonyl (C=O) groups is 2. The summed E-state index contributed by atoms with van der Waals surface area (Å²) in [5.41, 5.74) is 5.42. The zero-order chi connectivity index (χ0) is 25.5. The molecule has 4 rings (SSSR count). The maximum atomic E-state index is 13.1. The number of hydrogen-bond donors (Lipinski definition) is 3.